The second-order valence-corrected chi connectivity index (χ2v) is 6.11. The number of rotatable bonds is 6. The van der Waals surface area contributed by atoms with Gasteiger partial charge in [0, 0.05) is 43.7 Å². The molecule has 7 heteroatoms. The van der Waals surface area contributed by atoms with E-state index in [1.54, 1.807) is 6.20 Å². The highest BCUT2D eigenvalue weighted by atomic mass is 19.3. The van der Waals surface area contributed by atoms with Crippen molar-refractivity contribution in [3.63, 3.8) is 0 Å². The molecule has 2 N–H and O–H groups in total. The third kappa shape index (κ3) is 4.25. The fraction of sp³-hybridized carbons (Fsp3) is 0.733. The van der Waals surface area contributed by atoms with Crippen LogP contribution in [0.5, 0.6) is 0 Å². The van der Waals surface area contributed by atoms with Crippen LogP contribution >= 0.6 is 0 Å². The number of nitrogens with one attached hydrogen (secondary N) is 2. The summed E-state index contributed by atoms with van der Waals surface area (Å²) in [6.45, 7) is 4.90. The second-order valence-electron chi connectivity index (χ2n) is 6.11. The van der Waals surface area contributed by atoms with Gasteiger partial charge in [0.25, 0.3) is 5.92 Å². The van der Waals surface area contributed by atoms with Crippen LogP contribution in [0.1, 0.15) is 38.4 Å². The molecule has 1 aliphatic heterocycles. The molecule has 5 nitrogen and oxygen atoms in total. The Balaban J connectivity index is 1.77. The van der Waals surface area contributed by atoms with Crippen molar-refractivity contribution in [3.8, 4) is 0 Å². The van der Waals surface area contributed by atoms with E-state index in [0.29, 0.717) is 19.5 Å². The number of alkyl halides is 2. The molecule has 2 rings (SSSR count). The van der Waals surface area contributed by atoms with Crippen LogP contribution in [0.4, 0.5) is 8.78 Å². The number of hydrogen-bond acceptors (Lipinski definition) is 3. The molecule has 1 aliphatic rings. The topological polar surface area (TPSA) is 59.0 Å². The lowest BCUT2D eigenvalue weighted by atomic mass is 9.94. The van der Waals surface area contributed by atoms with Gasteiger partial charge in [0.05, 0.1) is 6.54 Å². The van der Waals surface area contributed by atoms with Gasteiger partial charge in [-0.3, -0.25) is 4.79 Å². The maximum Gasteiger partial charge on any atom is 0.264 e. The maximum absolute atomic E-state index is 13.6. The normalized spacial score (nSPS) is 21.0. The van der Waals surface area contributed by atoms with Crippen LogP contribution in [0, 0.1) is 5.92 Å². The summed E-state index contributed by atoms with van der Waals surface area (Å²) in [5, 5.41) is 5.32. The van der Waals surface area contributed by atoms with E-state index in [1.165, 1.54) is 0 Å². The van der Waals surface area contributed by atoms with Gasteiger partial charge < -0.3 is 15.2 Å². The monoisotopic (exact) mass is 314 g/mol. The number of aromatic nitrogens is 2. The zero-order valence-electron chi connectivity index (χ0n) is 13.1. The third-order valence-electron chi connectivity index (χ3n) is 4.02. The molecule has 1 atom stereocenters. The van der Waals surface area contributed by atoms with Crippen LogP contribution in [0.3, 0.4) is 0 Å². The Morgan fingerprint density at radius 3 is 3.05 bits per heavy atom. The summed E-state index contributed by atoms with van der Waals surface area (Å²) in [6.07, 6.45) is 4.20. The highest BCUT2D eigenvalue weighted by Crippen LogP contribution is 2.28. The maximum atomic E-state index is 13.6. The Hall–Kier alpha value is -1.50. The summed E-state index contributed by atoms with van der Waals surface area (Å²) < 4.78 is 29.2. The quantitative estimate of drug-likeness (QED) is 0.841. The lowest BCUT2D eigenvalue weighted by Gasteiger charge is -2.31. The van der Waals surface area contributed by atoms with Crippen LogP contribution in [-0.2, 0) is 11.3 Å². The number of aryl methyl sites for hydroxylation is 1. The second kappa shape index (κ2) is 7.17. The zero-order valence-corrected chi connectivity index (χ0v) is 13.1. The Morgan fingerprint density at radius 2 is 2.36 bits per heavy atom. The molecule has 124 valence electrons. The molecule has 1 unspecified atom stereocenters. The van der Waals surface area contributed by atoms with E-state index < -0.39 is 11.8 Å². The summed E-state index contributed by atoms with van der Waals surface area (Å²) >= 11 is 0. The third-order valence-corrected chi connectivity index (χ3v) is 4.02. The first-order chi connectivity index (χ1) is 10.4. The van der Waals surface area contributed by atoms with E-state index in [1.807, 2.05) is 24.6 Å². The van der Waals surface area contributed by atoms with Gasteiger partial charge in [0.1, 0.15) is 5.82 Å². The predicted octanol–water partition coefficient (Wildman–Crippen LogP) is 1.76. The molecule has 0 radical (unpaired) electrons. The number of carbonyl (C=O) groups excluding carboxylic acids is 1. The molecular formula is C15H24F2N4O. The van der Waals surface area contributed by atoms with Crippen molar-refractivity contribution in [3.05, 3.63) is 18.2 Å². The van der Waals surface area contributed by atoms with E-state index in [4.69, 9.17) is 0 Å². The van der Waals surface area contributed by atoms with Crippen LogP contribution in [0.2, 0.25) is 0 Å². The Bertz CT molecular complexity index is 501. The van der Waals surface area contributed by atoms with Crippen molar-refractivity contribution in [1.29, 1.82) is 0 Å². The number of imidazole rings is 1. The number of halogens is 2. The molecule has 1 saturated heterocycles. The molecular weight excluding hydrogens is 290 g/mol. The molecule has 1 fully saturated rings. The number of amides is 1. The average Bonchev–Trinajstić information content (AvgIpc) is 2.92. The fourth-order valence-electron chi connectivity index (χ4n) is 2.70. The highest BCUT2D eigenvalue weighted by molar-refractivity contribution is 5.75. The SMILES string of the molecule is CC(C)c1nccn1CCC(=O)NCC1CCNCC1(F)F. The van der Waals surface area contributed by atoms with Crippen molar-refractivity contribution in [2.45, 2.75) is 45.1 Å². The van der Waals surface area contributed by atoms with Gasteiger partial charge in [-0.2, -0.15) is 0 Å². The lowest BCUT2D eigenvalue weighted by Crippen LogP contribution is -2.50. The molecule has 1 aromatic heterocycles. The predicted molar refractivity (Wildman–Crippen MR) is 79.9 cm³/mol. The molecule has 2 heterocycles. The Morgan fingerprint density at radius 1 is 1.59 bits per heavy atom. The standard InChI is InChI=1S/C15H24F2N4O/c1-11(2)14-19-6-8-21(14)7-4-13(22)20-9-12-3-5-18-10-15(12,16)17/h6,8,11-12,18H,3-5,7,9-10H2,1-2H3,(H,20,22). The van der Waals surface area contributed by atoms with Gasteiger partial charge in [-0.15, -0.1) is 0 Å². The van der Waals surface area contributed by atoms with E-state index in [2.05, 4.69) is 15.6 Å². The summed E-state index contributed by atoms with van der Waals surface area (Å²) in [4.78, 5) is 16.1. The van der Waals surface area contributed by atoms with Gasteiger partial charge in [-0.25, -0.2) is 13.8 Å². The van der Waals surface area contributed by atoms with Crippen molar-refractivity contribution < 1.29 is 13.6 Å². The number of hydrogen-bond donors (Lipinski definition) is 2. The minimum Gasteiger partial charge on any atom is -0.356 e. The van der Waals surface area contributed by atoms with Gasteiger partial charge >= 0.3 is 0 Å². The van der Waals surface area contributed by atoms with E-state index >= 15 is 0 Å². The van der Waals surface area contributed by atoms with E-state index in [0.717, 1.165) is 5.82 Å². The van der Waals surface area contributed by atoms with Crippen LogP contribution in [-0.4, -0.2) is 41.0 Å². The van der Waals surface area contributed by atoms with E-state index in [9.17, 15) is 13.6 Å². The molecule has 22 heavy (non-hydrogen) atoms. The summed E-state index contributed by atoms with van der Waals surface area (Å²) in [6, 6.07) is 0. The van der Waals surface area contributed by atoms with Crippen LogP contribution in [0.15, 0.2) is 12.4 Å². The average molecular weight is 314 g/mol. The van der Waals surface area contributed by atoms with Gasteiger partial charge in [-0.05, 0) is 13.0 Å². The van der Waals surface area contributed by atoms with Crippen molar-refractivity contribution >= 4 is 5.91 Å². The first-order valence-electron chi connectivity index (χ1n) is 7.76. The molecule has 0 spiro atoms. The molecule has 0 bridgehead atoms. The lowest BCUT2D eigenvalue weighted by molar-refractivity contribution is -0.123. The van der Waals surface area contributed by atoms with Crippen molar-refractivity contribution in [2.75, 3.05) is 19.6 Å². The summed E-state index contributed by atoms with van der Waals surface area (Å²) in [7, 11) is 0. The largest absolute Gasteiger partial charge is 0.356 e. The number of carbonyl (C=O) groups is 1. The number of nitrogens with zero attached hydrogens (tertiary/aromatic N) is 2. The minimum atomic E-state index is -2.75. The fourth-order valence-corrected chi connectivity index (χ4v) is 2.70. The molecule has 0 saturated carbocycles. The summed E-state index contributed by atoms with van der Waals surface area (Å²) in [5.41, 5.74) is 0. The molecule has 1 amide bonds. The van der Waals surface area contributed by atoms with Crippen molar-refractivity contribution in [1.82, 2.24) is 20.2 Å². The molecule has 0 aliphatic carbocycles. The van der Waals surface area contributed by atoms with Gasteiger partial charge in [-0.1, -0.05) is 13.8 Å². The minimum absolute atomic E-state index is 0.0362. The molecule has 1 aromatic rings. The zero-order chi connectivity index (χ0) is 16.2. The van der Waals surface area contributed by atoms with Crippen molar-refractivity contribution in [2.24, 2.45) is 5.92 Å². The first kappa shape index (κ1) is 16.9. The summed E-state index contributed by atoms with van der Waals surface area (Å²) in [5.74, 6) is -2.51. The Kier molecular flexibility index (Phi) is 5.50. The van der Waals surface area contributed by atoms with Crippen LogP contribution < -0.4 is 10.6 Å². The first-order valence-corrected chi connectivity index (χ1v) is 7.76. The smallest absolute Gasteiger partial charge is 0.264 e. The van der Waals surface area contributed by atoms with E-state index in [-0.39, 0.29) is 31.3 Å². The van der Waals surface area contributed by atoms with Gasteiger partial charge in [0.2, 0.25) is 5.91 Å². The number of piperidine rings is 1. The molecule has 0 aromatic carbocycles. The highest BCUT2D eigenvalue weighted by Gasteiger charge is 2.41. The van der Waals surface area contributed by atoms with Crippen LogP contribution in [0.25, 0.3) is 0 Å². The van der Waals surface area contributed by atoms with Gasteiger partial charge in [0.15, 0.2) is 0 Å². The Labute approximate surface area is 129 Å².